The van der Waals surface area contributed by atoms with Gasteiger partial charge in [-0.15, -0.1) is 24.0 Å². The second-order valence-corrected chi connectivity index (χ2v) is 4.80. The van der Waals surface area contributed by atoms with Crippen LogP contribution in [0.2, 0.25) is 0 Å². The first-order chi connectivity index (χ1) is 6.22. The van der Waals surface area contributed by atoms with Crippen LogP contribution < -0.4 is 5.73 Å². The van der Waals surface area contributed by atoms with Crippen LogP contribution in [0.15, 0.2) is 22.4 Å². The number of benzene rings is 1. The third-order valence-corrected chi connectivity index (χ3v) is 3.69. The second kappa shape index (κ2) is 3.24. The average molecular weight is 209 g/mol. The van der Waals surface area contributed by atoms with E-state index in [1.54, 1.807) is 11.3 Å². The molecule has 1 aromatic heterocycles. The van der Waals surface area contributed by atoms with E-state index in [-0.39, 0.29) is 0 Å². The van der Waals surface area contributed by atoms with Gasteiger partial charge in [-0.1, -0.05) is 13.0 Å². The fourth-order valence-electron chi connectivity index (χ4n) is 1.50. The van der Waals surface area contributed by atoms with Gasteiger partial charge >= 0.3 is 0 Å². The largest absolute Gasteiger partial charge is 0.399 e. The van der Waals surface area contributed by atoms with Crippen LogP contribution in [-0.4, -0.2) is 0 Å². The minimum atomic E-state index is 0.824. The fraction of sp³-hybridized carbons (Fsp3) is 0.200. The molecule has 0 atom stereocenters. The molecule has 0 amide bonds. The normalized spacial score (nSPS) is 10.9. The monoisotopic (exact) mass is 209 g/mol. The number of anilines is 1. The molecule has 68 valence electrons. The Labute approximate surface area is 87.0 Å². The van der Waals surface area contributed by atoms with E-state index in [2.05, 4.69) is 25.6 Å². The van der Waals surface area contributed by atoms with E-state index in [0.29, 0.717) is 0 Å². The molecule has 0 spiro atoms. The average Bonchev–Trinajstić information content (AvgIpc) is 2.39. The molecule has 0 saturated heterocycles. The van der Waals surface area contributed by atoms with Gasteiger partial charge < -0.3 is 5.73 Å². The van der Waals surface area contributed by atoms with Crippen LogP contribution >= 0.6 is 24.0 Å². The summed E-state index contributed by atoms with van der Waals surface area (Å²) in [6.07, 6.45) is 1.03. The van der Waals surface area contributed by atoms with E-state index in [4.69, 9.17) is 5.73 Å². The predicted octanol–water partition coefficient (Wildman–Crippen LogP) is 3.33. The smallest absolute Gasteiger partial charge is 0.0612 e. The summed E-state index contributed by atoms with van der Waals surface area (Å²) in [5.74, 6) is 0. The third kappa shape index (κ3) is 1.42. The lowest BCUT2D eigenvalue weighted by molar-refractivity contribution is 1.13. The molecular formula is C10H11NS2. The van der Waals surface area contributed by atoms with E-state index in [0.717, 1.165) is 16.3 Å². The minimum absolute atomic E-state index is 0.824. The van der Waals surface area contributed by atoms with Gasteiger partial charge in [-0.2, -0.15) is 0 Å². The first-order valence-corrected chi connectivity index (χ1v) is 5.48. The Bertz CT molecular complexity index is 445. The molecule has 2 aromatic rings. The molecule has 0 fully saturated rings. The van der Waals surface area contributed by atoms with Crippen molar-refractivity contribution in [3.8, 4) is 0 Å². The number of aryl methyl sites for hydroxylation is 1. The van der Waals surface area contributed by atoms with E-state index in [1.807, 2.05) is 12.1 Å². The van der Waals surface area contributed by atoms with Crippen LogP contribution in [0.25, 0.3) is 10.1 Å². The van der Waals surface area contributed by atoms with Crippen molar-refractivity contribution in [2.24, 2.45) is 0 Å². The highest BCUT2D eigenvalue weighted by Crippen LogP contribution is 2.35. The van der Waals surface area contributed by atoms with Gasteiger partial charge in [0.2, 0.25) is 0 Å². The number of thiophene rings is 1. The number of fused-ring (bicyclic) bond motifs is 1. The Morgan fingerprint density at radius 2 is 2.23 bits per heavy atom. The first-order valence-electron chi connectivity index (χ1n) is 4.22. The number of rotatable bonds is 1. The van der Waals surface area contributed by atoms with E-state index in [9.17, 15) is 0 Å². The number of nitrogens with two attached hydrogens (primary N) is 1. The molecule has 0 aliphatic rings. The number of hydrogen-bond donors (Lipinski definition) is 2. The van der Waals surface area contributed by atoms with Gasteiger partial charge in [-0.05, 0) is 29.5 Å². The third-order valence-electron chi connectivity index (χ3n) is 2.15. The molecule has 3 heteroatoms. The maximum absolute atomic E-state index is 5.71. The summed E-state index contributed by atoms with van der Waals surface area (Å²) in [6.45, 7) is 2.15. The zero-order chi connectivity index (χ0) is 9.42. The second-order valence-electron chi connectivity index (χ2n) is 2.99. The summed E-state index contributed by atoms with van der Waals surface area (Å²) in [4.78, 5) is 0. The van der Waals surface area contributed by atoms with Crippen LogP contribution in [0.5, 0.6) is 0 Å². The van der Waals surface area contributed by atoms with Crippen molar-refractivity contribution >= 4 is 39.7 Å². The zero-order valence-corrected chi connectivity index (χ0v) is 9.08. The highest BCUT2D eigenvalue weighted by Gasteiger charge is 2.07. The molecule has 0 aliphatic carbocycles. The van der Waals surface area contributed by atoms with Gasteiger partial charge in [0.1, 0.15) is 0 Å². The SMILES string of the molecule is CCc1c(S)sc2cc(N)ccc12. The van der Waals surface area contributed by atoms with Gasteiger partial charge in [-0.3, -0.25) is 0 Å². The van der Waals surface area contributed by atoms with Gasteiger partial charge in [0.05, 0.1) is 4.21 Å². The van der Waals surface area contributed by atoms with E-state index < -0.39 is 0 Å². The molecule has 0 radical (unpaired) electrons. The van der Waals surface area contributed by atoms with Crippen molar-refractivity contribution in [1.29, 1.82) is 0 Å². The molecule has 13 heavy (non-hydrogen) atoms. The lowest BCUT2D eigenvalue weighted by atomic mass is 10.1. The van der Waals surface area contributed by atoms with Crippen molar-refractivity contribution in [2.45, 2.75) is 17.6 Å². The molecule has 2 rings (SSSR count). The van der Waals surface area contributed by atoms with Crippen LogP contribution in [0.4, 0.5) is 5.69 Å². The standard InChI is InChI=1S/C10H11NS2/c1-2-7-8-4-3-6(11)5-9(8)13-10(7)12/h3-5,12H,2,11H2,1H3. The van der Waals surface area contributed by atoms with Gasteiger partial charge in [0.15, 0.2) is 0 Å². The molecule has 1 heterocycles. The lowest BCUT2D eigenvalue weighted by Crippen LogP contribution is -1.82. The van der Waals surface area contributed by atoms with E-state index in [1.165, 1.54) is 15.6 Å². The quantitative estimate of drug-likeness (QED) is 0.547. The molecule has 0 unspecified atom stereocenters. The summed E-state index contributed by atoms with van der Waals surface area (Å²) in [7, 11) is 0. The number of nitrogen functional groups attached to an aromatic ring is 1. The fourth-order valence-corrected chi connectivity index (χ4v) is 3.15. The lowest BCUT2D eigenvalue weighted by Gasteiger charge is -1.95. The van der Waals surface area contributed by atoms with Crippen LogP contribution in [-0.2, 0) is 6.42 Å². The summed E-state index contributed by atoms with van der Waals surface area (Å²) < 4.78 is 2.35. The van der Waals surface area contributed by atoms with Crippen LogP contribution in [0.1, 0.15) is 12.5 Å². The van der Waals surface area contributed by atoms with Crippen LogP contribution in [0, 0.1) is 0 Å². The maximum Gasteiger partial charge on any atom is 0.0612 e. The minimum Gasteiger partial charge on any atom is -0.399 e. The van der Waals surface area contributed by atoms with Crippen LogP contribution in [0.3, 0.4) is 0 Å². The maximum atomic E-state index is 5.71. The number of hydrogen-bond acceptors (Lipinski definition) is 3. The van der Waals surface area contributed by atoms with Crippen molar-refractivity contribution < 1.29 is 0 Å². The van der Waals surface area contributed by atoms with Gasteiger partial charge in [0, 0.05) is 10.4 Å². The van der Waals surface area contributed by atoms with Crippen molar-refractivity contribution in [3.05, 3.63) is 23.8 Å². The topological polar surface area (TPSA) is 26.0 Å². The molecule has 0 aliphatic heterocycles. The summed E-state index contributed by atoms with van der Waals surface area (Å²) >= 11 is 6.15. The van der Waals surface area contributed by atoms with Gasteiger partial charge in [0.25, 0.3) is 0 Å². The Morgan fingerprint density at radius 3 is 2.92 bits per heavy atom. The highest BCUT2D eigenvalue weighted by molar-refractivity contribution is 7.83. The summed E-state index contributed by atoms with van der Waals surface area (Å²) in [5.41, 5.74) is 7.87. The highest BCUT2D eigenvalue weighted by atomic mass is 32.2. The molecule has 1 aromatic carbocycles. The van der Waals surface area contributed by atoms with Crippen molar-refractivity contribution in [3.63, 3.8) is 0 Å². The summed E-state index contributed by atoms with van der Waals surface area (Å²) in [6, 6.07) is 6.04. The molecule has 1 nitrogen and oxygen atoms in total. The zero-order valence-electron chi connectivity index (χ0n) is 7.37. The first kappa shape index (κ1) is 8.91. The summed E-state index contributed by atoms with van der Waals surface area (Å²) in [5, 5.41) is 1.30. The Balaban J connectivity index is 2.79. The van der Waals surface area contributed by atoms with Gasteiger partial charge in [-0.25, -0.2) is 0 Å². The Morgan fingerprint density at radius 1 is 1.46 bits per heavy atom. The Hall–Kier alpha value is -0.670. The number of thiol groups is 1. The molecule has 2 N–H and O–H groups in total. The molecular weight excluding hydrogens is 198 g/mol. The molecule has 0 bridgehead atoms. The van der Waals surface area contributed by atoms with Crippen molar-refractivity contribution in [2.75, 3.05) is 5.73 Å². The van der Waals surface area contributed by atoms with Crippen molar-refractivity contribution in [1.82, 2.24) is 0 Å². The van der Waals surface area contributed by atoms with E-state index >= 15 is 0 Å². The molecule has 0 saturated carbocycles. The predicted molar refractivity (Wildman–Crippen MR) is 62.9 cm³/mol. The Kier molecular flexibility index (Phi) is 2.22.